The van der Waals surface area contributed by atoms with Crippen LogP contribution in [0.4, 0.5) is 0 Å². The highest BCUT2D eigenvalue weighted by atomic mass is 35.5. The molecule has 2 N–H and O–H groups in total. The van der Waals surface area contributed by atoms with E-state index in [0.29, 0.717) is 21.8 Å². The van der Waals surface area contributed by atoms with Crippen molar-refractivity contribution in [2.45, 2.75) is 6.42 Å². The van der Waals surface area contributed by atoms with Crippen LogP contribution in [-0.2, 0) is 11.2 Å². The zero-order valence-electron chi connectivity index (χ0n) is 14.8. The summed E-state index contributed by atoms with van der Waals surface area (Å²) in [5.41, 5.74) is 3.84. The second kappa shape index (κ2) is 7.33. The summed E-state index contributed by atoms with van der Waals surface area (Å²) < 4.78 is 0. The number of carbonyl (C=O) groups is 2. The van der Waals surface area contributed by atoms with Gasteiger partial charge in [0.25, 0.3) is 0 Å². The van der Waals surface area contributed by atoms with E-state index >= 15 is 0 Å². The van der Waals surface area contributed by atoms with Crippen molar-refractivity contribution >= 4 is 34.3 Å². The first-order valence-electron chi connectivity index (χ1n) is 8.75. The molecule has 0 saturated carbocycles. The quantitative estimate of drug-likeness (QED) is 0.452. The van der Waals surface area contributed by atoms with Crippen molar-refractivity contribution in [3.8, 4) is 11.1 Å². The number of aliphatic carboxylic acids is 1. The van der Waals surface area contributed by atoms with Crippen molar-refractivity contribution in [3.63, 3.8) is 0 Å². The standard InChI is InChI=1S/C23H16ClNO3/c24-19-7-3-1-5-16(19)14-9-11-15(12-10-14)23(28)22-18(13-21(26)27)17-6-2-4-8-20(17)25-22/h1-12,25H,13H2,(H,26,27). The van der Waals surface area contributed by atoms with Gasteiger partial charge in [-0.15, -0.1) is 0 Å². The smallest absolute Gasteiger partial charge is 0.307 e. The van der Waals surface area contributed by atoms with Crippen LogP contribution in [0.15, 0.2) is 72.8 Å². The molecule has 4 rings (SSSR count). The first-order valence-corrected chi connectivity index (χ1v) is 9.13. The molecule has 4 aromatic rings. The number of H-pyrrole nitrogens is 1. The fourth-order valence-corrected chi connectivity index (χ4v) is 3.61. The Kier molecular flexibility index (Phi) is 4.72. The normalized spacial score (nSPS) is 10.9. The molecule has 0 aliphatic heterocycles. The molecule has 0 bridgehead atoms. The summed E-state index contributed by atoms with van der Waals surface area (Å²) in [4.78, 5) is 27.5. The fraction of sp³-hybridized carbons (Fsp3) is 0.0435. The summed E-state index contributed by atoms with van der Waals surface area (Å²) in [7, 11) is 0. The van der Waals surface area contributed by atoms with Crippen LogP contribution in [0.2, 0.25) is 5.02 Å². The molecule has 1 aromatic heterocycles. The number of aromatic nitrogens is 1. The summed E-state index contributed by atoms with van der Waals surface area (Å²) in [6.45, 7) is 0. The molecule has 0 unspecified atom stereocenters. The van der Waals surface area contributed by atoms with Gasteiger partial charge in [-0.25, -0.2) is 0 Å². The molecule has 0 saturated heterocycles. The topological polar surface area (TPSA) is 70.2 Å². The van der Waals surface area contributed by atoms with E-state index in [9.17, 15) is 14.7 Å². The molecule has 0 aliphatic carbocycles. The van der Waals surface area contributed by atoms with Gasteiger partial charge in [-0.1, -0.05) is 72.3 Å². The van der Waals surface area contributed by atoms with Crippen molar-refractivity contribution in [3.05, 3.63) is 94.6 Å². The van der Waals surface area contributed by atoms with Crippen molar-refractivity contribution in [1.29, 1.82) is 0 Å². The van der Waals surface area contributed by atoms with Gasteiger partial charge >= 0.3 is 5.97 Å². The Bertz CT molecular complexity index is 1190. The Morgan fingerprint density at radius 2 is 1.57 bits per heavy atom. The second-order valence-electron chi connectivity index (χ2n) is 6.48. The zero-order valence-corrected chi connectivity index (χ0v) is 15.5. The maximum Gasteiger partial charge on any atom is 0.307 e. The lowest BCUT2D eigenvalue weighted by Gasteiger charge is -2.06. The molecular formula is C23H16ClNO3. The lowest BCUT2D eigenvalue weighted by molar-refractivity contribution is -0.136. The molecule has 5 heteroatoms. The molecule has 3 aromatic carbocycles. The highest BCUT2D eigenvalue weighted by Crippen LogP contribution is 2.29. The molecule has 4 nitrogen and oxygen atoms in total. The first kappa shape index (κ1) is 18.0. The molecule has 0 amide bonds. The number of carboxylic acids is 1. The van der Waals surface area contributed by atoms with Gasteiger partial charge in [-0.3, -0.25) is 9.59 Å². The Morgan fingerprint density at radius 3 is 2.29 bits per heavy atom. The summed E-state index contributed by atoms with van der Waals surface area (Å²) in [6.07, 6.45) is -0.219. The summed E-state index contributed by atoms with van der Waals surface area (Å²) in [5, 5.41) is 10.7. The first-order chi connectivity index (χ1) is 13.5. The molecule has 0 radical (unpaired) electrons. The van der Waals surface area contributed by atoms with Crippen LogP contribution in [0.5, 0.6) is 0 Å². The van der Waals surface area contributed by atoms with Gasteiger partial charge in [0, 0.05) is 32.6 Å². The predicted molar refractivity (Wildman–Crippen MR) is 110 cm³/mol. The number of fused-ring (bicyclic) bond motifs is 1. The number of para-hydroxylation sites is 1. The van der Waals surface area contributed by atoms with E-state index in [0.717, 1.165) is 22.0 Å². The van der Waals surface area contributed by atoms with E-state index in [2.05, 4.69) is 4.98 Å². The second-order valence-corrected chi connectivity index (χ2v) is 6.89. The molecule has 28 heavy (non-hydrogen) atoms. The van der Waals surface area contributed by atoms with Crippen LogP contribution >= 0.6 is 11.6 Å². The number of rotatable bonds is 5. The van der Waals surface area contributed by atoms with Gasteiger partial charge in [0.05, 0.1) is 12.1 Å². The largest absolute Gasteiger partial charge is 0.481 e. The minimum atomic E-state index is -0.979. The minimum Gasteiger partial charge on any atom is -0.481 e. The van der Waals surface area contributed by atoms with Crippen LogP contribution in [0.3, 0.4) is 0 Å². The maximum atomic E-state index is 13.1. The summed E-state index contributed by atoms with van der Waals surface area (Å²) in [5.74, 6) is -1.22. The fourth-order valence-electron chi connectivity index (χ4n) is 3.37. The molecule has 0 aliphatic rings. The number of hydrogen-bond donors (Lipinski definition) is 2. The molecule has 1 heterocycles. The number of benzene rings is 3. The minimum absolute atomic E-state index is 0.219. The zero-order chi connectivity index (χ0) is 19.7. The monoisotopic (exact) mass is 389 g/mol. The third-order valence-electron chi connectivity index (χ3n) is 4.70. The number of hydrogen-bond acceptors (Lipinski definition) is 2. The Balaban J connectivity index is 1.74. The van der Waals surface area contributed by atoms with Gasteiger partial charge in [0.1, 0.15) is 0 Å². The third-order valence-corrected chi connectivity index (χ3v) is 5.03. The predicted octanol–water partition coefficient (Wildman–Crippen LogP) is 5.35. The highest BCUT2D eigenvalue weighted by molar-refractivity contribution is 6.33. The highest BCUT2D eigenvalue weighted by Gasteiger charge is 2.21. The molecule has 0 atom stereocenters. The van der Waals surface area contributed by atoms with Gasteiger partial charge in [-0.2, -0.15) is 0 Å². The van der Waals surface area contributed by atoms with Crippen LogP contribution in [0, 0.1) is 0 Å². The van der Waals surface area contributed by atoms with Gasteiger partial charge < -0.3 is 10.1 Å². The average molecular weight is 390 g/mol. The van der Waals surface area contributed by atoms with Crippen LogP contribution in [0.25, 0.3) is 22.0 Å². The molecule has 0 spiro atoms. The molecule has 138 valence electrons. The summed E-state index contributed by atoms with van der Waals surface area (Å²) >= 11 is 6.24. The lowest BCUT2D eigenvalue weighted by Crippen LogP contribution is -2.08. The van der Waals surface area contributed by atoms with Gasteiger partial charge in [-0.05, 0) is 17.7 Å². The number of carbonyl (C=O) groups excluding carboxylic acids is 1. The number of nitrogens with one attached hydrogen (secondary N) is 1. The molecule has 0 fully saturated rings. The van der Waals surface area contributed by atoms with E-state index < -0.39 is 5.97 Å². The average Bonchev–Trinajstić information content (AvgIpc) is 3.06. The number of aromatic amines is 1. The van der Waals surface area contributed by atoms with Crippen LogP contribution in [-0.4, -0.2) is 21.8 Å². The SMILES string of the molecule is O=C(O)Cc1c(C(=O)c2ccc(-c3ccccc3Cl)cc2)[nH]c2ccccc12. The Morgan fingerprint density at radius 1 is 0.893 bits per heavy atom. The lowest BCUT2D eigenvalue weighted by atomic mass is 9.98. The van der Waals surface area contributed by atoms with Crippen molar-refractivity contribution in [2.24, 2.45) is 0 Å². The Hall–Kier alpha value is -3.37. The Labute approximate surface area is 166 Å². The van der Waals surface area contributed by atoms with Crippen LogP contribution in [0.1, 0.15) is 21.6 Å². The number of ketones is 1. The van der Waals surface area contributed by atoms with Crippen molar-refractivity contribution < 1.29 is 14.7 Å². The van der Waals surface area contributed by atoms with Crippen molar-refractivity contribution in [2.75, 3.05) is 0 Å². The number of halogens is 1. The third kappa shape index (κ3) is 3.30. The van der Waals surface area contributed by atoms with Crippen molar-refractivity contribution in [1.82, 2.24) is 4.98 Å². The summed E-state index contributed by atoms with van der Waals surface area (Å²) in [6, 6.07) is 22.0. The van der Waals surface area contributed by atoms with Gasteiger partial charge in [0.15, 0.2) is 0 Å². The van der Waals surface area contributed by atoms with E-state index in [1.54, 1.807) is 12.1 Å². The van der Waals surface area contributed by atoms with Gasteiger partial charge in [0.2, 0.25) is 5.78 Å². The van der Waals surface area contributed by atoms with Crippen LogP contribution < -0.4 is 0 Å². The van der Waals surface area contributed by atoms with E-state index in [1.165, 1.54) is 0 Å². The van der Waals surface area contributed by atoms with E-state index in [-0.39, 0.29) is 12.2 Å². The number of carboxylic acid groups (broad SMARTS) is 1. The van der Waals surface area contributed by atoms with E-state index in [1.807, 2.05) is 60.7 Å². The maximum absolute atomic E-state index is 13.1. The molecular weight excluding hydrogens is 374 g/mol. The van der Waals surface area contributed by atoms with E-state index in [4.69, 9.17) is 11.6 Å².